The Morgan fingerprint density at radius 2 is 1.74 bits per heavy atom. The summed E-state index contributed by atoms with van der Waals surface area (Å²) in [5.41, 5.74) is 0.422. The van der Waals surface area contributed by atoms with Crippen LogP contribution in [-0.4, -0.2) is 17.0 Å². The predicted molar refractivity (Wildman–Crippen MR) is 87.4 cm³/mol. The molecule has 2 N–H and O–H groups in total. The molecule has 5 rings (SSSR count). The fraction of sp³-hybridized carbons (Fsp3) is 0.412. The van der Waals surface area contributed by atoms with Gasteiger partial charge in [0, 0.05) is 0 Å². The zero-order valence-electron chi connectivity index (χ0n) is 12.1. The van der Waals surface area contributed by atoms with Gasteiger partial charge in [0.1, 0.15) is 0 Å². The van der Waals surface area contributed by atoms with E-state index >= 15 is 0 Å². The Bertz CT molecular complexity index is 733. The summed E-state index contributed by atoms with van der Waals surface area (Å²) in [5.74, 6) is -1.54. The number of carbonyl (C=O) groups excluding carboxylic acids is 1. The monoisotopic (exact) mass is 351 g/mol. The van der Waals surface area contributed by atoms with Crippen molar-refractivity contribution < 1.29 is 14.7 Å². The molecule has 0 spiro atoms. The summed E-state index contributed by atoms with van der Waals surface area (Å²) in [4.78, 5) is 24.5. The van der Waals surface area contributed by atoms with Crippen LogP contribution in [0, 0.1) is 35.5 Å². The van der Waals surface area contributed by atoms with Crippen molar-refractivity contribution >= 4 is 40.8 Å². The minimum atomic E-state index is -0.896. The van der Waals surface area contributed by atoms with Crippen LogP contribution >= 0.6 is 23.2 Å². The van der Waals surface area contributed by atoms with Crippen molar-refractivity contribution in [3.05, 3.63) is 40.4 Å². The van der Waals surface area contributed by atoms with Crippen molar-refractivity contribution in [3.63, 3.8) is 0 Å². The molecule has 4 aliphatic rings. The van der Waals surface area contributed by atoms with E-state index in [1.54, 1.807) is 18.2 Å². The highest BCUT2D eigenvalue weighted by molar-refractivity contribution is 6.44. The predicted octanol–water partition coefficient (Wildman–Crippen LogP) is 3.70. The number of anilines is 1. The lowest BCUT2D eigenvalue weighted by Gasteiger charge is -2.41. The summed E-state index contributed by atoms with van der Waals surface area (Å²) in [6.45, 7) is 0. The number of hydrogen-bond donors (Lipinski definition) is 2. The van der Waals surface area contributed by atoms with E-state index in [4.69, 9.17) is 23.2 Å². The van der Waals surface area contributed by atoms with E-state index in [-0.39, 0.29) is 22.8 Å². The SMILES string of the molecule is O=C(Nc1cccc(Cl)c1Cl)[C@@H]1[C@@H]2C=C[C@H]([C@H]3C[C@H]23)[C@@H]1C(=O)O. The molecule has 23 heavy (non-hydrogen) atoms. The van der Waals surface area contributed by atoms with Crippen molar-refractivity contribution in [2.24, 2.45) is 35.5 Å². The second kappa shape index (κ2) is 5.25. The van der Waals surface area contributed by atoms with Gasteiger partial charge in [-0.15, -0.1) is 0 Å². The van der Waals surface area contributed by atoms with Gasteiger partial charge in [0.2, 0.25) is 5.91 Å². The topological polar surface area (TPSA) is 66.4 Å². The lowest BCUT2D eigenvalue weighted by atomic mass is 9.62. The van der Waals surface area contributed by atoms with Crippen molar-refractivity contribution in [3.8, 4) is 0 Å². The number of aliphatic carboxylic acids is 1. The zero-order chi connectivity index (χ0) is 16.3. The number of allylic oxidation sites excluding steroid dienone is 2. The summed E-state index contributed by atoms with van der Waals surface area (Å²) >= 11 is 12.1. The summed E-state index contributed by atoms with van der Waals surface area (Å²) in [7, 11) is 0. The van der Waals surface area contributed by atoms with Gasteiger partial charge in [0.25, 0.3) is 0 Å². The van der Waals surface area contributed by atoms with Crippen molar-refractivity contribution in [1.29, 1.82) is 0 Å². The van der Waals surface area contributed by atoms with Crippen LogP contribution in [0.1, 0.15) is 6.42 Å². The van der Waals surface area contributed by atoms with Gasteiger partial charge in [-0.1, -0.05) is 41.4 Å². The highest BCUT2D eigenvalue weighted by Crippen LogP contribution is 2.63. The van der Waals surface area contributed by atoms with E-state index in [2.05, 4.69) is 5.32 Å². The van der Waals surface area contributed by atoms with Gasteiger partial charge in [-0.25, -0.2) is 0 Å². The lowest BCUT2D eigenvalue weighted by molar-refractivity contribution is -0.152. The highest BCUT2D eigenvalue weighted by Gasteiger charge is 2.62. The van der Waals surface area contributed by atoms with Crippen LogP contribution in [0.3, 0.4) is 0 Å². The second-order valence-electron chi connectivity index (χ2n) is 6.58. The molecular formula is C17H15Cl2NO3. The maximum absolute atomic E-state index is 12.8. The van der Waals surface area contributed by atoms with Crippen LogP contribution in [0.5, 0.6) is 0 Å². The molecular weight excluding hydrogens is 337 g/mol. The Morgan fingerprint density at radius 3 is 2.39 bits per heavy atom. The van der Waals surface area contributed by atoms with E-state index in [9.17, 15) is 14.7 Å². The van der Waals surface area contributed by atoms with Crippen LogP contribution in [0.2, 0.25) is 10.0 Å². The molecule has 1 aromatic carbocycles. The normalized spacial score (nSPS) is 36.4. The van der Waals surface area contributed by atoms with Gasteiger partial charge in [-0.2, -0.15) is 0 Å². The first-order valence-electron chi connectivity index (χ1n) is 7.65. The molecule has 4 nitrogen and oxygen atoms in total. The van der Waals surface area contributed by atoms with Gasteiger partial charge in [0.15, 0.2) is 0 Å². The molecule has 2 fully saturated rings. The van der Waals surface area contributed by atoms with Gasteiger partial charge >= 0.3 is 5.97 Å². The maximum atomic E-state index is 12.8. The molecule has 1 amide bonds. The standard InChI is InChI=1S/C17H15Cl2NO3/c18-11-2-1-3-12(15(11)19)20-16(21)13-7-4-5-8(10-6-9(7)10)14(13)17(22)23/h1-5,7-10,13-14H,6H2,(H,20,21)(H,22,23)/t7-,8-,9-,10-,13-,14+/m1/s1. The first-order valence-corrected chi connectivity index (χ1v) is 8.40. The molecule has 0 radical (unpaired) electrons. The average molecular weight is 352 g/mol. The zero-order valence-corrected chi connectivity index (χ0v) is 13.6. The fourth-order valence-electron chi connectivity index (χ4n) is 4.39. The molecule has 1 aromatic rings. The third-order valence-electron chi connectivity index (χ3n) is 5.45. The Balaban J connectivity index is 1.63. The third kappa shape index (κ3) is 2.27. The van der Waals surface area contributed by atoms with E-state index in [0.717, 1.165) is 6.42 Å². The van der Waals surface area contributed by atoms with Gasteiger partial charge in [-0.3, -0.25) is 9.59 Å². The molecule has 0 heterocycles. The average Bonchev–Trinajstić information content (AvgIpc) is 3.33. The number of nitrogens with one attached hydrogen (secondary N) is 1. The number of rotatable bonds is 3. The Hall–Kier alpha value is -1.52. The van der Waals surface area contributed by atoms with E-state index in [1.807, 2.05) is 12.2 Å². The summed E-state index contributed by atoms with van der Waals surface area (Å²) in [5, 5.41) is 13.0. The maximum Gasteiger partial charge on any atom is 0.307 e. The number of amides is 1. The molecule has 2 bridgehead atoms. The Labute approximate surface area is 143 Å². The molecule has 0 aromatic heterocycles. The van der Waals surface area contributed by atoms with Crippen LogP contribution < -0.4 is 5.32 Å². The number of halogens is 2. The van der Waals surface area contributed by atoms with E-state index in [0.29, 0.717) is 22.5 Å². The third-order valence-corrected chi connectivity index (χ3v) is 6.27. The Morgan fingerprint density at radius 1 is 1.09 bits per heavy atom. The summed E-state index contributed by atoms with van der Waals surface area (Å²) in [6.07, 6.45) is 5.05. The van der Waals surface area contributed by atoms with Crippen LogP contribution in [-0.2, 0) is 9.59 Å². The number of hydrogen-bond acceptors (Lipinski definition) is 2. The number of carbonyl (C=O) groups is 2. The van der Waals surface area contributed by atoms with E-state index < -0.39 is 17.8 Å². The van der Waals surface area contributed by atoms with E-state index in [1.165, 1.54) is 0 Å². The van der Waals surface area contributed by atoms with Gasteiger partial charge < -0.3 is 10.4 Å². The van der Waals surface area contributed by atoms with Crippen molar-refractivity contribution in [2.45, 2.75) is 6.42 Å². The quantitative estimate of drug-likeness (QED) is 0.816. The highest BCUT2D eigenvalue weighted by atomic mass is 35.5. The molecule has 0 aliphatic heterocycles. The first kappa shape index (κ1) is 15.0. The molecule has 2 saturated carbocycles. The molecule has 6 atom stereocenters. The number of carboxylic acid groups (broad SMARTS) is 1. The first-order chi connectivity index (χ1) is 11.0. The lowest BCUT2D eigenvalue weighted by Crippen LogP contribution is -2.48. The van der Waals surface area contributed by atoms with Crippen LogP contribution in [0.15, 0.2) is 30.4 Å². The second-order valence-corrected chi connectivity index (χ2v) is 7.37. The molecule has 4 aliphatic carbocycles. The minimum Gasteiger partial charge on any atom is -0.481 e. The van der Waals surface area contributed by atoms with Crippen LogP contribution in [0.4, 0.5) is 5.69 Å². The van der Waals surface area contributed by atoms with Crippen LogP contribution in [0.25, 0.3) is 0 Å². The number of benzene rings is 1. The number of fused-ring (bicyclic) bond motifs is 1. The fourth-order valence-corrected chi connectivity index (χ4v) is 4.73. The molecule has 0 unspecified atom stereocenters. The van der Waals surface area contributed by atoms with Crippen molar-refractivity contribution in [1.82, 2.24) is 0 Å². The molecule has 120 valence electrons. The Kier molecular flexibility index (Phi) is 3.43. The van der Waals surface area contributed by atoms with Crippen molar-refractivity contribution in [2.75, 3.05) is 5.32 Å². The summed E-state index contributed by atoms with van der Waals surface area (Å²) < 4.78 is 0. The largest absolute Gasteiger partial charge is 0.481 e. The summed E-state index contributed by atoms with van der Waals surface area (Å²) in [6, 6.07) is 5.00. The minimum absolute atomic E-state index is 0.00376. The molecule has 0 saturated heterocycles. The van der Waals surface area contributed by atoms with Gasteiger partial charge in [0.05, 0.1) is 27.6 Å². The van der Waals surface area contributed by atoms with Gasteiger partial charge in [-0.05, 0) is 42.2 Å². The smallest absolute Gasteiger partial charge is 0.307 e. The number of carboxylic acids is 1. The molecule has 6 heteroatoms.